The van der Waals surface area contributed by atoms with Crippen molar-refractivity contribution >= 4 is 6.09 Å². The molecule has 1 amide bonds. The summed E-state index contributed by atoms with van der Waals surface area (Å²) < 4.78 is 18.5. The molecule has 0 spiro atoms. The van der Waals surface area contributed by atoms with Crippen molar-refractivity contribution in [2.24, 2.45) is 0 Å². The van der Waals surface area contributed by atoms with Crippen LogP contribution in [-0.2, 0) is 11.2 Å². The summed E-state index contributed by atoms with van der Waals surface area (Å²) in [6, 6.07) is 21.8. The van der Waals surface area contributed by atoms with E-state index in [1.165, 1.54) is 23.3 Å². The van der Waals surface area contributed by atoms with Gasteiger partial charge in [-0.1, -0.05) is 60.7 Å². The zero-order valence-electron chi connectivity index (χ0n) is 15.8. The minimum absolute atomic E-state index is 0.0159. The van der Waals surface area contributed by atoms with Crippen LogP contribution in [-0.4, -0.2) is 30.5 Å². The quantitative estimate of drug-likeness (QED) is 0.660. The van der Waals surface area contributed by atoms with Gasteiger partial charge in [0, 0.05) is 5.92 Å². The highest BCUT2D eigenvalue weighted by atomic mass is 19.1. The normalized spacial score (nSPS) is 13.4. The number of aliphatic hydroxyl groups excluding tert-OH is 1. The first kappa shape index (κ1) is 19.2. The van der Waals surface area contributed by atoms with Gasteiger partial charge in [0.15, 0.2) is 0 Å². The number of halogens is 1. The van der Waals surface area contributed by atoms with Crippen molar-refractivity contribution in [3.05, 3.63) is 95.3 Å². The van der Waals surface area contributed by atoms with Gasteiger partial charge in [0.2, 0.25) is 0 Å². The van der Waals surface area contributed by atoms with Crippen molar-refractivity contribution < 1.29 is 19.0 Å². The van der Waals surface area contributed by atoms with Crippen LogP contribution >= 0.6 is 0 Å². The molecule has 1 aliphatic carbocycles. The monoisotopic (exact) mass is 391 g/mol. The van der Waals surface area contributed by atoms with Crippen molar-refractivity contribution in [2.45, 2.75) is 18.4 Å². The largest absolute Gasteiger partial charge is 0.449 e. The fourth-order valence-electron chi connectivity index (χ4n) is 3.87. The standard InChI is InChI=1S/C24H22FNO3/c25-17-11-9-16(10-12-17)13-18(14-27)26-24(28)29-15-23-21-7-3-1-5-19(21)20-6-2-4-8-22(20)23/h1-12,18,23,27H,13-15H2,(H,26,28). The first-order chi connectivity index (χ1) is 14.2. The molecule has 3 aromatic carbocycles. The number of rotatable bonds is 6. The third-order valence-electron chi connectivity index (χ3n) is 5.28. The Bertz CT molecular complexity index is 958. The van der Waals surface area contributed by atoms with Crippen molar-refractivity contribution in [2.75, 3.05) is 13.2 Å². The van der Waals surface area contributed by atoms with E-state index in [0.717, 1.165) is 16.7 Å². The van der Waals surface area contributed by atoms with E-state index < -0.39 is 12.1 Å². The van der Waals surface area contributed by atoms with E-state index in [1.807, 2.05) is 24.3 Å². The Morgan fingerprint density at radius 2 is 1.55 bits per heavy atom. The zero-order valence-corrected chi connectivity index (χ0v) is 15.8. The lowest BCUT2D eigenvalue weighted by Crippen LogP contribution is -2.39. The molecule has 1 unspecified atom stereocenters. The predicted molar refractivity (Wildman–Crippen MR) is 109 cm³/mol. The summed E-state index contributed by atoms with van der Waals surface area (Å²) in [6.07, 6.45) is -0.186. The lowest BCUT2D eigenvalue weighted by atomic mass is 9.98. The minimum Gasteiger partial charge on any atom is -0.449 e. The highest BCUT2D eigenvalue weighted by Crippen LogP contribution is 2.44. The summed E-state index contributed by atoms with van der Waals surface area (Å²) in [5.41, 5.74) is 5.45. The van der Waals surface area contributed by atoms with E-state index >= 15 is 0 Å². The first-order valence-corrected chi connectivity index (χ1v) is 9.62. The summed E-state index contributed by atoms with van der Waals surface area (Å²) >= 11 is 0. The Balaban J connectivity index is 1.40. The summed E-state index contributed by atoms with van der Waals surface area (Å²) in [5, 5.41) is 12.3. The molecule has 148 valence electrons. The van der Waals surface area contributed by atoms with Gasteiger partial charge in [-0.05, 0) is 46.4 Å². The van der Waals surface area contributed by atoms with E-state index in [4.69, 9.17) is 4.74 Å². The number of amides is 1. The molecule has 0 fully saturated rings. The number of ether oxygens (including phenoxy) is 1. The van der Waals surface area contributed by atoms with Gasteiger partial charge in [-0.15, -0.1) is 0 Å². The maximum atomic E-state index is 13.0. The van der Waals surface area contributed by atoms with Gasteiger partial charge in [-0.25, -0.2) is 9.18 Å². The van der Waals surface area contributed by atoms with Gasteiger partial charge in [-0.2, -0.15) is 0 Å². The molecular weight excluding hydrogens is 369 g/mol. The van der Waals surface area contributed by atoms with Crippen LogP contribution in [0.1, 0.15) is 22.6 Å². The van der Waals surface area contributed by atoms with Crippen molar-refractivity contribution in [3.8, 4) is 11.1 Å². The molecule has 0 radical (unpaired) electrons. The molecule has 1 atom stereocenters. The van der Waals surface area contributed by atoms with Crippen LogP contribution in [0.25, 0.3) is 11.1 Å². The molecule has 2 N–H and O–H groups in total. The van der Waals surface area contributed by atoms with E-state index in [1.54, 1.807) is 12.1 Å². The Hall–Kier alpha value is -3.18. The van der Waals surface area contributed by atoms with Crippen LogP contribution in [0.15, 0.2) is 72.8 Å². The first-order valence-electron chi connectivity index (χ1n) is 9.62. The third-order valence-corrected chi connectivity index (χ3v) is 5.28. The second-order valence-electron chi connectivity index (χ2n) is 7.18. The van der Waals surface area contributed by atoms with Gasteiger partial charge < -0.3 is 15.2 Å². The predicted octanol–water partition coefficient (Wildman–Crippen LogP) is 4.27. The van der Waals surface area contributed by atoms with Crippen LogP contribution in [0.4, 0.5) is 9.18 Å². The molecule has 4 nitrogen and oxygen atoms in total. The molecule has 0 aliphatic heterocycles. The van der Waals surface area contributed by atoms with Gasteiger partial charge in [0.1, 0.15) is 12.4 Å². The Morgan fingerprint density at radius 1 is 0.966 bits per heavy atom. The average Bonchev–Trinajstić information content (AvgIpc) is 3.07. The van der Waals surface area contributed by atoms with E-state index in [2.05, 4.69) is 29.6 Å². The van der Waals surface area contributed by atoms with Crippen molar-refractivity contribution in [1.82, 2.24) is 5.32 Å². The van der Waals surface area contributed by atoms with Gasteiger partial charge in [-0.3, -0.25) is 0 Å². The Kier molecular flexibility index (Phi) is 5.58. The van der Waals surface area contributed by atoms with Crippen LogP contribution in [0, 0.1) is 5.82 Å². The van der Waals surface area contributed by atoms with E-state index in [9.17, 15) is 14.3 Å². The molecule has 0 bridgehead atoms. The number of hydrogen-bond donors (Lipinski definition) is 2. The number of benzene rings is 3. The SMILES string of the molecule is O=C(NC(CO)Cc1ccc(F)cc1)OCC1c2ccccc2-c2ccccc21. The fourth-order valence-corrected chi connectivity index (χ4v) is 3.87. The lowest BCUT2D eigenvalue weighted by Gasteiger charge is -2.18. The van der Waals surface area contributed by atoms with Crippen LogP contribution in [0.3, 0.4) is 0 Å². The number of alkyl carbamates (subject to hydrolysis) is 1. The minimum atomic E-state index is -0.576. The maximum Gasteiger partial charge on any atom is 0.407 e. The van der Waals surface area contributed by atoms with Gasteiger partial charge >= 0.3 is 6.09 Å². The smallest absolute Gasteiger partial charge is 0.407 e. The summed E-state index contributed by atoms with van der Waals surface area (Å²) in [5.74, 6) is -0.336. The summed E-state index contributed by atoms with van der Waals surface area (Å²) in [7, 11) is 0. The maximum absolute atomic E-state index is 13.0. The molecule has 0 heterocycles. The average molecular weight is 391 g/mol. The number of fused-ring (bicyclic) bond motifs is 3. The Morgan fingerprint density at radius 3 is 2.14 bits per heavy atom. The topological polar surface area (TPSA) is 58.6 Å². The van der Waals surface area contributed by atoms with Crippen LogP contribution in [0.5, 0.6) is 0 Å². The van der Waals surface area contributed by atoms with Crippen molar-refractivity contribution in [1.29, 1.82) is 0 Å². The molecule has 4 rings (SSSR count). The molecule has 0 saturated heterocycles. The van der Waals surface area contributed by atoms with Gasteiger partial charge in [0.25, 0.3) is 0 Å². The van der Waals surface area contributed by atoms with E-state index in [0.29, 0.717) is 6.42 Å². The zero-order chi connectivity index (χ0) is 20.2. The van der Waals surface area contributed by atoms with Gasteiger partial charge in [0.05, 0.1) is 12.6 Å². The van der Waals surface area contributed by atoms with Crippen LogP contribution in [0.2, 0.25) is 0 Å². The molecule has 1 aliphatic rings. The molecule has 5 heteroatoms. The number of carbonyl (C=O) groups excluding carboxylic acids is 1. The highest BCUT2D eigenvalue weighted by Gasteiger charge is 2.29. The van der Waals surface area contributed by atoms with E-state index in [-0.39, 0.29) is 24.9 Å². The second-order valence-corrected chi connectivity index (χ2v) is 7.18. The van der Waals surface area contributed by atoms with Crippen molar-refractivity contribution in [3.63, 3.8) is 0 Å². The Labute approximate surface area is 169 Å². The highest BCUT2D eigenvalue weighted by molar-refractivity contribution is 5.79. The number of aliphatic hydroxyl groups is 1. The number of carbonyl (C=O) groups is 1. The molecule has 0 saturated carbocycles. The fraction of sp³-hybridized carbons (Fsp3) is 0.208. The number of nitrogens with one attached hydrogen (secondary N) is 1. The van der Waals surface area contributed by atoms with Crippen LogP contribution < -0.4 is 5.32 Å². The number of hydrogen-bond acceptors (Lipinski definition) is 3. The second kappa shape index (κ2) is 8.45. The lowest BCUT2D eigenvalue weighted by molar-refractivity contribution is 0.132. The molecule has 3 aromatic rings. The molecule has 0 aromatic heterocycles. The molecule has 29 heavy (non-hydrogen) atoms. The molecular formula is C24H22FNO3. The summed E-state index contributed by atoms with van der Waals surface area (Å²) in [4.78, 5) is 12.3. The third kappa shape index (κ3) is 4.15. The summed E-state index contributed by atoms with van der Waals surface area (Å²) in [6.45, 7) is -0.0177.